The van der Waals surface area contributed by atoms with Crippen molar-refractivity contribution in [2.24, 2.45) is 0 Å². The van der Waals surface area contributed by atoms with E-state index in [2.05, 4.69) is 25.5 Å². The molecule has 2 unspecified atom stereocenters. The second kappa shape index (κ2) is 10.8. The fourth-order valence-electron chi connectivity index (χ4n) is 5.15. The number of anilines is 3. The average molecular weight is 528 g/mol. The Balaban J connectivity index is 1.25. The number of rotatable bonds is 9. The molecule has 0 saturated carbocycles. The van der Waals surface area contributed by atoms with Crippen LogP contribution in [0.15, 0.2) is 71.6 Å². The van der Waals surface area contributed by atoms with Gasteiger partial charge in [-0.2, -0.15) is 0 Å². The maximum Gasteiger partial charge on any atom is 0.248 e. The van der Waals surface area contributed by atoms with Gasteiger partial charge in [-0.05, 0) is 42.8 Å². The van der Waals surface area contributed by atoms with E-state index in [0.29, 0.717) is 51.7 Å². The first-order valence-corrected chi connectivity index (χ1v) is 12.8. The Hall–Kier alpha value is -4.41. The Labute approximate surface area is 225 Å². The van der Waals surface area contributed by atoms with Gasteiger partial charge in [0, 0.05) is 41.7 Å². The number of hydrogen-bond acceptors (Lipinski definition) is 9. The number of morpholine rings is 1. The van der Waals surface area contributed by atoms with Gasteiger partial charge in [-0.25, -0.2) is 9.97 Å². The predicted octanol–water partition coefficient (Wildman–Crippen LogP) is 4.62. The molecule has 2 bridgehead atoms. The fraction of sp³-hybridized carbons (Fsp3) is 0.276. The standard InChI is InChI=1S/C29H29N5O5/c1-36-26-8-7-18(25-5-4-10-39-25)11-23(26)33-29-21-13-24(27(37-2)14-22(21)30-17-31-29)32-28(35)6-3-9-34-19-12-20(34)16-38-15-19/h3-8,10-11,13-14,17,19-20H,9,12,15-16H2,1-2H3,(H,32,35)(H,30,31,33)/b6-3+. The van der Waals surface area contributed by atoms with Gasteiger partial charge in [0.2, 0.25) is 5.91 Å². The predicted molar refractivity (Wildman–Crippen MR) is 148 cm³/mol. The van der Waals surface area contributed by atoms with Gasteiger partial charge in [0.25, 0.3) is 0 Å². The highest BCUT2D eigenvalue weighted by atomic mass is 16.5. The van der Waals surface area contributed by atoms with Crippen molar-refractivity contribution in [3.05, 3.63) is 67.2 Å². The molecule has 2 N–H and O–H groups in total. The Morgan fingerprint density at radius 3 is 2.67 bits per heavy atom. The van der Waals surface area contributed by atoms with Gasteiger partial charge >= 0.3 is 0 Å². The van der Waals surface area contributed by atoms with Crippen LogP contribution < -0.4 is 20.1 Å². The molecule has 2 fully saturated rings. The third-order valence-corrected chi connectivity index (χ3v) is 7.16. The molecule has 4 heterocycles. The molecule has 4 aromatic rings. The molecule has 2 aliphatic rings. The zero-order valence-corrected chi connectivity index (χ0v) is 21.7. The van der Waals surface area contributed by atoms with E-state index in [0.717, 1.165) is 31.1 Å². The number of nitrogens with zero attached hydrogens (tertiary/aromatic N) is 3. The van der Waals surface area contributed by atoms with Crippen molar-refractivity contribution in [3.63, 3.8) is 0 Å². The molecule has 2 aromatic carbocycles. The number of fused-ring (bicyclic) bond motifs is 3. The van der Waals surface area contributed by atoms with Gasteiger partial charge in [0.05, 0.1) is 50.6 Å². The summed E-state index contributed by atoms with van der Waals surface area (Å²) >= 11 is 0. The number of carbonyl (C=O) groups is 1. The monoisotopic (exact) mass is 527 g/mol. The highest BCUT2D eigenvalue weighted by Gasteiger charge is 2.41. The Morgan fingerprint density at radius 1 is 1.08 bits per heavy atom. The van der Waals surface area contributed by atoms with Crippen molar-refractivity contribution in [3.8, 4) is 22.8 Å². The Kier molecular flexibility index (Phi) is 6.87. The molecule has 0 aliphatic carbocycles. The Morgan fingerprint density at radius 2 is 1.92 bits per heavy atom. The van der Waals surface area contributed by atoms with Crippen LogP contribution in [-0.2, 0) is 9.53 Å². The van der Waals surface area contributed by atoms with E-state index < -0.39 is 0 Å². The Bertz CT molecular complexity index is 1510. The van der Waals surface area contributed by atoms with Crippen LogP contribution in [0.1, 0.15) is 6.42 Å². The second-order valence-electron chi connectivity index (χ2n) is 9.48. The zero-order chi connectivity index (χ0) is 26.8. The van der Waals surface area contributed by atoms with Crippen LogP contribution in [0.4, 0.5) is 17.2 Å². The lowest BCUT2D eigenvalue weighted by Gasteiger charge is -2.52. The lowest BCUT2D eigenvalue weighted by Crippen LogP contribution is -2.63. The van der Waals surface area contributed by atoms with E-state index in [1.165, 1.54) is 12.7 Å². The lowest BCUT2D eigenvalue weighted by atomic mass is 9.91. The van der Waals surface area contributed by atoms with Crippen LogP contribution in [0.25, 0.3) is 22.2 Å². The summed E-state index contributed by atoms with van der Waals surface area (Å²) in [5.41, 5.74) is 2.77. The van der Waals surface area contributed by atoms with Gasteiger partial charge in [-0.3, -0.25) is 9.69 Å². The molecule has 2 aromatic heterocycles. The summed E-state index contributed by atoms with van der Waals surface area (Å²) < 4.78 is 22.2. The summed E-state index contributed by atoms with van der Waals surface area (Å²) in [5.74, 6) is 2.19. The summed E-state index contributed by atoms with van der Waals surface area (Å²) in [4.78, 5) is 24.0. The smallest absolute Gasteiger partial charge is 0.248 e. The maximum absolute atomic E-state index is 12.8. The summed E-state index contributed by atoms with van der Waals surface area (Å²) in [5, 5.41) is 7.01. The third kappa shape index (κ3) is 5.04. The van der Waals surface area contributed by atoms with Gasteiger partial charge in [0.1, 0.15) is 29.4 Å². The van der Waals surface area contributed by atoms with Crippen LogP contribution in [0.3, 0.4) is 0 Å². The zero-order valence-electron chi connectivity index (χ0n) is 21.7. The van der Waals surface area contributed by atoms with Crippen molar-refractivity contribution in [1.82, 2.24) is 14.9 Å². The van der Waals surface area contributed by atoms with E-state index in [9.17, 15) is 4.79 Å². The van der Waals surface area contributed by atoms with Gasteiger partial charge in [-0.1, -0.05) is 6.08 Å². The topological polar surface area (TPSA) is 111 Å². The highest BCUT2D eigenvalue weighted by Crippen LogP contribution is 2.37. The number of benzene rings is 2. The van der Waals surface area contributed by atoms with Crippen LogP contribution >= 0.6 is 0 Å². The number of carbonyl (C=O) groups excluding carboxylic acids is 1. The summed E-state index contributed by atoms with van der Waals surface area (Å²) in [7, 11) is 3.17. The second-order valence-corrected chi connectivity index (χ2v) is 9.48. The molecule has 0 radical (unpaired) electrons. The largest absolute Gasteiger partial charge is 0.495 e. The van der Waals surface area contributed by atoms with Crippen LogP contribution in [-0.4, -0.2) is 66.8 Å². The number of amides is 1. The van der Waals surface area contributed by atoms with Crippen molar-refractivity contribution in [1.29, 1.82) is 0 Å². The van der Waals surface area contributed by atoms with E-state index in [-0.39, 0.29) is 5.91 Å². The van der Waals surface area contributed by atoms with Crippen molar-refractivity contribution in [2.45, 2.75) is 18.5 Å². The molecular weight excluding hydrogens is 498 g/mol. The molecular formula is C29H29N5O5. The first kappa shape index (κ1) is 24.9. The first-order chi connectivity index (χ1) is 19.1. The molecule has 2 aliphatic heterocycles. The van der Waals surface area contributed by atoms with E-state index >= 15 is 0 Å². The van der Waals surface area contributed by atoms with E-state index in [4.69, 9.17) is 18.6 Å². The normalized spacial score (nSPS) is 18.6. The summed E-state index contributed by atoms with van der Waals surface area (Å²) in [6.07, 6.45) is 7.73. The van der Waals surface area contributed by atoms with Crippen molar-refractivity contribution in [2.75, 3.05) is 44.6 Å². The third-order valence-electron chi connectivity index (χ3n) is 7.16. The van der Waals surface area contributed by atoms with Crippen molar-refractivity contribution < 1.29 is 23.4 Å². The molecule has 10 heteroatoms. The van der Waals surface area contributed by atoms with E-state index in [1.807, 2.05) is 42.5 Å². The quantitative estimate of drug-likeness (QED) is 0.301. The van der Waals surface area contributed by atoms with Gasteiger partial charge in [0.15, 0.2) is 0 Å². The number of methoxy groups -OCH3 is 2. The number of furan rings is 1. The molecule has 200 valence electrons. The number of hydrogen-bond donors (Lipinski definition) is 2. The average Bonchev–Trinajstić information content (AvgIpc) is 3.51. The number of ether oxygens (including phenoxy) is 3. The van der Waals surface area contributed by atoms with Crippen LogP contribution in [0.5, 0.6) is 11.5 Å². The minimum absolute atomic E-state index is 0.242. The van der Waals surface area contributed by atoms with Gasteiger partial charge in [-0.15, -0.1) is 0 Å². The molecule has 1 amide bonds. The molecule has 6 rings (SSSR count). The minimum atomic E-state index is -0.242. The van der Waals surface area contributed by atoms with Crippen LogP contribution in [0.2, 0.25) is 0 Å². The van der Waals surface area contributed by atoms with E-state index in [1.54, 1.807) is 32.6 Å². The molecule has 2 saturated heterocycles. The lowest BCUT2D eigenvalue weighted by molar-refractivity contribution is -0.121. The minimum Gasteiger partial charge on any atom is -0.495 e. The number of nitrogens with one attached hydrogen (secondary N) is 2. The SMILES string of the molecule is COc1cc2ncnc(Nc3cc(-c4ccco4)ccc3OC)c2cc1NC(=O)/C=C/CN1C2COCC1C2. The summed E-state index contributed by atoms with van der Waals surface area (Å²) in [6, 6.07) is 14.0. The first-order valence-electron chi connectivity index (χ1n) is 12.8. The van der Waals surface area contributed by atoms with Gasteiger partial charge < -0.3 is 29.3 Å². The molecule has 2 atom stereocenters. The molecule has 10 nitrogen and oxygen atoms in total. The maximum atomic E-state index is 12.8. The molecule has 39 heavy (non-hydrogen) atoms. The van der Waals surface area contributed by atoms with Crippen molar-refractivity contribution >= 4 is 34.0 Å². The van der Waals surface area contributed by atoms with Crippen LogP contribution in [0, 0.1) is 0 Å². The number of aromatic nitrogens is 2. The highest BCUT2D eigenvalue weighted by molar-refractivity contribution is 6.03. The molecule has 0 spiro atoms. The fourth-order valence-corrected chi connectivity index (χ4v) is 5.15. The summed E-state index contributed by atoms with van der Waals surface area (Å²) in [6.45, 7) is 2.26.